The summed E-state index contributed by atoms with van der Waals surface area (Å²) in [7, 11) is 0. The van der Waals surface area contributed by atoms with Crippen LogP contribution in [0.2, 0.25) is 0 Å². The molecule has 2 amide bonds. The van der Waals surface area contributed by atoms with E-state index < -0.39 is 0 Å². The van der Waals surface area contributed by atoms with Crippen molar-refractivity contribution in [3.8, 4) is 18.1 Å². The first kappa shape index (κ1) is 15.7. The molecule has 0 aromatic heterocycles. The van der Waals surface area contributed by atoms with E-state index in [1.807, 2.05) is 0 Å². The van der Waals surface area contributed by atoms with Crippen LogP contribution in [0.4, 0.5) is 10.5 Å². The molecule has 2 N–H and O–H groups in total. The number of fused-ring (bicyclic) bond motifs is 1. The largest absolute Gasteiger partial charge is 0.481 e. The Hall–Kier alpha value is -2.19. The highest BCUT2D eigenvalue weighted by Gasteiger charge is 2.59. The molecule has 2 fully saturated rings. The number of ether oxygens (including phenoxy) is 2. The lowest BCUT2D eigenvalue weighted by Gasteiger charge is -2.54. The van der Waals surface area contributed by atoms with Crippen molar-refractivity contribution in [2.75, 3.05) is 18.5 Å². The van der Waals surface area contributed by atoms with Gasteiger partial charge in [-0.25, -0.2) is 4.79 Å². The number of amides is 2. The molecular weight excluding hydrogens is 292 g/mol. The number of benzene rings is 1. The molecular formula is C18H22N2O3. The van der Waals surface area contributed by atoms with Gasteiger partial charge in [0.15, 0.2) is 0 Å². The molecule has 0 radical (unpaired) electrons. The molecule has 2 aliphatic rings. The van der Waals surface area contributed by atoms with Crippen LogP contribution >= 0.6 is 0 Å². The summed E-state index contributed by atoms with van der Waals surface area (Å²) in [5, 5.41) is 5.94. The van der Waals surface area contributed by atoms with Crippen LogP contribution in [-0.4, -0.2) is 31.4 Å². The van der Waals surface area contributed by atoms with Crippen molar-refractivity contribution in [1.82, 2.24) is 5.32 Å². The maximum atomic E-state index is 12.2. The second-order valence-corrected chi connectivity index (χ2v) is 6.66. The monoisotopic (exact) mass is 314 g/mol. The summed E-state index contributed by atoms with van der Waals surface area (Å²) in [5.41, 5.74) is 0.692. The van der Waals surface area contributed by atoms with Crippen LogP contribution in [0.3, 0.4) is 0 Å². The summed E-state index contributed by atoms with van der Waals surface area (Å²) in [4.78, 5) is 12.2. The van der Waals surface area contributed by atoms with Gasteiger partial charge < -0.3 is 20.1 Å². The zero-order valence-corrected chi connectivity index (χ0v) is 13.5. The molecule has 0 spiro atoms. The summed E-state index contributed by atoms with van der Waals surface area (Å²) in [6, 6.07) is 7.10. The van der Waals surface area contributed by atoms with Gasteiger partial charge in [-0.2, -0.15) is 0 Å². The molecule has 1 aromatic carbocycles. The number of nitrogens with one attached hydrogen (secondary N) is 2. The van der Waals surface area contributed by atoms with Crippen LogP contribution in [-0.2, 0) is 4.74 Å². The summed E-state index contributed by atoms with van der Waals surface area (Å²) < 4.78 is 11.0. The van der Waals surface area contributed by atoms with Gasteiger partial charge in [0.25, 0.3) is 0 Å². The Kier molecular flexibility index (Phi) is 4.18. The topological polar surface area (TPSA) is 59.6 Å². The van der Waals surface area contributed by atoms with E-state index in [1.165, 1.54) is 0 Å². The molecule has 5 nitrogen and oxygen atoms in total. The molecule has 23 heavy (non-hydrogen) atoms. The van der Waals surface area contributed by atoms with E-state index in [-0.39, 0.29) is 30.2 Å². The third-order valence-corrected chi connectivity index (χ3v) is 4.82. The van der Waals surface area contributed by atoms with Gasteiger partial charge >= 0.3 is 6.03 Å². The average molecular weight is 314 g/mol. The minimum absolute atomic E-state index is 0.0224. The van der Waals surface area contributed by atoms with E-state index in [2.05, 4.69) is 30.4 Å². The highest BCUT2D eigenvalue weighted by atomic mass is 16.5. The minimum atomic E-state index is -0.189. The van der Waals surface area contributed by atoms with E-state index in [1.54, 1.807) is 24.3 Å². The van der Waals surface area contributed by atoms with Crippen molar-refractivity contribution < 1.29 is 14.3 Å². The fourth-order valence-electron chi connectivity index (χ4n) is 3.69. The third kappa shape index (κ3) is 2.99. The number of rotatable bonds is 4. The van der Waals surface area contributed by atoms with E-state index in [0.29, 0.717) is 17.4 Å². The van der Waals surface area contributed by atoms with Crippen molar-refractivity contribution in [2.45, 2.75) is 32.4 Å². The fraction of sp³-hybridized carbons (Fsp3) is 0.500. The number of carbonyl (C=O) groups excluding carboxylic acids is 1. The predicted molar refractivity (Wildman–Crippen MR) is 88.3 cm³/mol. The van der Waals surface area contributed by atoms with E-state index in [4.69, 9.17) is 15.9 Å². The standard InChI is InChI=1S/C18H22N2O3/c1-4-10-22-13-7-5-12(6-8-13)19-17(21)20-15-14-9-11-23-16(14)18(15,2)3/h1,5-8,14-16H,9-11H2,2-3H3,(H2,19,20,21)/t14-,15-,16-/m1/s1. The van der Waals surface area contributed by atoms with E-state index in [9.17, 15) is 4.79 Å². The molecule has 3 atom stereocenters. The van der Waals surface area contributed by atoms with Gasteiger partial charge in [0.05, 0.1) is 6.10 Å². The van der Waals surface area contributed by atoms with Crippen LogP contribution in [0.5, 0.6) is 5.75 Å². The third-order valence-electron chi connectivity index (χ3n) is 4.82. The number of hydrogen-bond donors (Lipinski definition) is 2. The first-order valence-corrected chi connectivity index (χ1v) is 7.88. The molecule has 1 saturated carbocycles. The molecule has 1 aliphatic heterocycles. The Morgan fingerprint density at radius 1 is 1.43 bits per heavy atom. The summed E-state index contributed by atoms with van der Waals surface area (Å²) in [6.45, 7) is 5.30. The van der Waals surface area contributed by atoms with Crippen LogP contribution < -0.4 is 15.4 Å². The number of anilines is 1. The maximum Gasteiger partial charge on any atom is 0.319 e. The van der Waals surface area contributed by atoms with Crippen molar-refractivity contribution in [3.05, 3.63) is 24.3 Å². The Morgan fingerprint density at radius 2 is 2.17 bits per heavy atom. The smallest absolute Gasteiger partial charge is 0.319 e. The Bertz CT molecular complexity index is 618. The first-order valence-electron chi connectivity index (χ1n) is 7.88. The lowest BCUT2D eigenvalue weighted by atomic mass is 9.57. The van der Waals surface area contributed by atoms with Gasteiger partial charge in [-0.05, 0) is 30.7 Å². The SMILES string of the molecule is C#CCOc1ccc(NC(=O)N[C@@H]2[C@H]3CCO[C@H]3C2(C)C)cc1. The van der Waals surface area contributed by atoms with Gasteiger partial charge in [-0.15, -0.1) is 6.42 Å². The summed E-state index contributed by atoms with van der Waals surface area (Å²) in [5.74, 6) is 3.52. The highest BCUT2D eigenvalue weighted by molar-refractivity contribution is 5.89. The lowest BCUT2D eigenvalue weighted by Crippen LogP contribution is -2.67. The molecule has 1 saturated heterocycles. The summed E-state index contributed by atoms with van der Waals surface area (Å²) >= 11 is 0. The van der Waals surface area contributed by atoms with Crippen molar-refractivity contribution in [3.63, 3.8) is 0 Å². The second kappa shape index (κ2) is 6.13. The van der Waals surface area contributed by atoms with Crippen molar-refractivity contribution >= 4 is 11.7 Å². The Labute approximate surface area is 136 Å². The quantitative estimate of drug-likeness (QED) is 0.840. The first-order chi connectivity index (χ1) is 11.0. The van der Waals surface area contributed by atoms with Gasteiger partial charge in [-0.1, -0.05) is 19.8 Å². The number of terminal acetylenes is 1. The van der Waals surface area contributed by atoms with Gasteiger partial charge in [0.2, 0.25) is 0 Å². The molecule has 1 heterocycles. The molecule has 0 unspecified atom stereocenters. The average Bonchev–Trinajstić information content (AvgIpc) is 2.99. The Balaban J connectivity index is 1.54. The molecule has 3 rings (SSSR count). The van der Waals surface area contributed by atoms with Gasteiger partial charge in [-0.3, -0.25) is 0 Å². The van der Waals surface area contributed by atoms with Crippen LogP contribution in [0, 0.1) is 23.7 Å². The second-order valence-electron chi connectivity index (χ2n) is 6.66. The maximum absolute atomic E-state index is 12.2. The van der Waals surface area contributed by atoms with Crippen molar-refractivity contribution in [1.29, 1.82) is 0 Å². The summed E-state index contributed by atoms with van der Waals surface area (Å²) in [6.07, 6.45) is 6.43. The zero-order valence-electron chi connectivity index (χ0n) is 13.5. The lowest BCUT2D eigenvalue weighted by molar-refractivity contribution is -0.107. The van der Waals surface area contributed by atoms with Crippen LogP contribution in [0.1, 0.15) is 20.3 Å². The van der Waals surface area contributed by atoms with E-state index >= 15 is 0 Å². The highest BCUT2D eigenvalue weighted by Crippen LogP contribution is 2.52. The van der Waals surface area contributed by atoms with E-state index in [0.717, 1.165) is 13.0 Å². The van der Waals surface area contributed by atoms with Crippen LogP contribution in [0.15, 0.2) is 24.3 Å². The fourth-order valence-corrected chi connectivity index (χ4v) is 3.69. The molecule has 1 aliphatic carbocycles. The molecule has 122 valence electrons. The number of carbonyl (C=O) groups is 1. The van der Waals surface area contributed by atoms with Crippen LogP contribution in [0.25, 0.3) is 0 Å². The predicted octanol–water partition coefficient (Wildman–Crippen LogP) is 2.63. The Morgan fingerprint density at radius 3 is 2.87 bits per heavy atom. The molecule has 1 aromatic rings. The van der Waals surface area contributed by atoms with Crippen molar-refractivity contribution in [2.24, 2.45) is 11.3 Å². The molecule has 5 heteroatoms. The minimum Gasteiger partial charge on any atom is -0.481 e. The molecule has 0 bridgehead atoms. The van der Waals surface area contributed by atoms with Gasteiger partial charge in [0.1, 0.15) is 12.4 Å². The number of hydrogen-bond acceptors (Lipinski definition) is 3. The number of urea groups is 1. The van der Waals surface area contributed by atoms with Gasteiger partial charge in [0, 0.05) is 29.7 Å². The normalized spacial score (nSPS) is 27.3. The zero-order chi connectivity index (χ0) is 16.4.